The summed E-state index contributed by atoms with van der Waals surface area (Å²) in [7, 11) is 2.58. The van der Waals surface area contributed by atoms with Crippen molar-refractivity contribution in [3.63, 3.8) is 0 Å². The van der Waals surface area contributed by atoms with E-state index in [1.807, 2.05) is 48.5 Å². The Kier molecular flexibility index (Phi) is 9.01. The van der Waals surface area contributed by atoms with Gasteiger partial charge in [0.2, 0.25) is 5.88 Å². The summed E-state index contributed by atoms with van der Waals surface area (Å²) in [6.45, 7) is 0.263. The lowest BCUT2D eigenvalue weighted by molar-refractivity contribution is 0.0592. The van der Waals surface area contributed by atoms with Crippen LogP contribution in [0.1, 0.15) is 56.3 Å². The summed E-state index contributed by atoms with van der Waals surface area (Å²) in [6, 6.07) is 21.3. The zero-order valence-electron chi connectivity index (χ0n) is 18.6. The van der Waals surface area contributed by atoms with Crippen molar-refractivity contribution in [3.8, 4) is 5.88 Å². The van der Waals surface area contributed by atoms with Crippen LogP contribution in [-0.4, -0.2) is 31.1 Å². The van der Waals surface area contributed by atoms with Gasteiger partial charge in [0, 0.05) is 11.2 Å². The molecule has 0 spiro atoms. The standard InChI is InChI=1S/C19H19NO5.C7H7Br/c1-23-18(21)14-10-15(19(22)24-2)17(20-16(14)13-8-9-13)25-11-12-6-4-3-5-7-12;8-6-7-4-2-1-3-5-7/h3-7,10,13H,8-9,11H2,1-2H3;1-5H,6H2. The fraction of sp³-hybridized carbons (Fsp3) is 0.269. The van der Waals surface area contributed by atoms with Crippen molar-refractivity contribution < 1.29 is 23.8 Å². The molecule has 0 unspecified atom stereocenters. The van der Waals surface area contributed by atoms with Crippen molar-refractivity contribution in [1.29, 1.82) is 0 Å². The SMILES string of the molecule is BrCc1ccccc1.COC(=O)c1cc(C(=O)OC)c(C2CC2)nc1OCc1ccccc1. The molecule has 1 saturated carbocycles. The van der Waals surface area contributed by atoms with E-state index in [2.05, 4.69) is 33.0 Å². The maximum absolute atomic E-state index is 12.1. The van der Waals surface area contributed by atoms with Gasteiger partial charge < -0.3 is 14.2 Å². The number of hydrogen-bond acceptors (Lipinski definition) is 6. The maximum Gasteiger partial charge on any atom is 0.343 e. The van der Waals surface area contributed by atoms with Crippen LogP contribution in [0.3, 0.4) is 0 Å². The minimum atomic E-state index is -0.608. The Hall–Kier alpha value is -3.19. The van der Waals surface area contributed by atoms with Gasteiger partial charge in [-0.05, 0) is 30.0 Å². The Labute approximate surface area is 202 Å². The summed E-state index contributed by atoms with van der Waals surface area (Å²) < 4.78 is 15.4. The van der Waals surface area contributed by atoms with Crippen LogP contribution >= 0.6 is 15.9 Å². The molecule has 0 aliphatic heterocycles. The smallest absolute Gasteiger partial charge is 0.343 e. The molecular formula is C26H26BrNO5. The lowest BCUT2D eigenvalue weighted by atomic mass is 10.1. The highest BCUT2D eigenvalue weighted by Crippen LogP contribution is 2.42. The number of pyridine rings is 1. The summed E-state index contributed by atoms with van der Waals surface area (Å²) in [4.78, 5) is 28.6. The first-order chi connectivity index (χ1) is 16.1. The second-order valence-electron chi connectivity index (χ2n) is 7.42. The number of benzene rings is 2. The topological polar surface area (TPSA) is 74.7 Å². The average Bonchev–Trinajstić information content (AvgIpc) is 3.73. The molecule has 172 valence electrons. The van der Waals surface area contributed by atoms with Crippen LogP contribution in [-0.2, 0) is 21.4 Å². The number of alkyl halides is 1. The largest absolute Gasteiger partial charge is 0.472 e. The zero-order valence-corrected chi connectivity index (χ0v) is 20.2. The molecule has 0 atom stereocenters. The normalized spacial score (nSPS) is 12.2. The maximum atomic E-state index is 12.1. The van der Waals surface area contributed by atoms with Crippen molar-refractivity contribution in [2.45, 2.75) is 30.7 Å². The number of ether oxygens (including phenoxy) is 3. The Morgan fingerprint density at radius 1 is 0.879 bits per heavy atom. The molecule has 0 saturated heterocycles. The van der Waals surface area contributed by atoms with E-state index in [9.17, 15) is 9.59 Å². The van der Waals surface area contributed by atoms with Gasteiger partial charge in [-0.15, -0.1) is 0 Å². The first-order valence-electron chi connectivity index (χ1n) is 10.6. The molecule has 1 heterocycles. The highest BCUT2D eigenvalue weighted by atomic mass is 79.9. The molecule has 0 bridgehead atoms. The molecule has 4 rings (SSSR count). The Morgan fingerprint density at radius 3 is 1.91 bits per heavy atom. The third kappa shape index (κ3) is 6.89. The van der Waals surface area contributed by atoms with Crippen molar-refractivity contribution in [1.82, 2.24) is 4.98 Å². The number of halogens is 1. The van der Waals surface area contributed by atoms with Crippen molar-refractivity contribution in [3.05, 3.63) is 94.7 Å². The molecule has 6 nitrogen and oxygen atoms in total. The van der Waals surface area contributed by atoms with Gasteiger partial charge in [0.25, 0.3) is 0 Å². The molecule has 0 amide bonds. The van der Waals surface area contributed by atoms with Crippen LogP contribution in [0.2, 0.25) is 0 Å². The van der Waals surface area contributed by atoms with E-state index in [4.69, 9.17) is 14.2 Å². The van der Waals surface area contributed by atoms with Crippen LogP contribution in [0.4, 0.5) is 0 Å². The van der Waals surface area contributed by atoms with Crippen LogP contribution in [0.25, 0.3) is 0 Å². The van der Waals surface area contributed by atoms with Gasteiger partial charge in [-0.2, -0.15) is 0 Å². The van der Waals surface area contributed by atoms with Crippen molar-refractivity contribution in [2.24, 2.45) is 0 Å². The molecule has 33 heavy (non-hydrogen) atoms. The molecule has 0 radical (unpaired) electrons. The van der Waals surface area contributed by atoms with E-state index in [0.717, 1.165) is 23.7 Å². The number of nitrogens with zero attached hydrogens (tertiary/aromatic N) is 1. The van der Waals surface area contributed by atoms with Gasteiger partial charge in [0.1, 0.15) is 12.2 Å². The number of rotatable bonds is 7. The van der Waals surface area contributed by atoms with E-state index < -0.39 is 11.9 Å². The monoisotopic (exact) mass is 511 g/mol. The van der Waals surface area contributed by atoms with Crippen molar-refractivity contribution in [2.75, 3.05) is 14.2 Å². The molecular weight excluding hydrogens is 486 g/mol. The van der Waals surface area contributed by atoms with E-state index >= 15 is 0 Å². The predicted molar refractivity (Wildman–Crippen MR) is 129 cm³/mol. The van der Waals surface area contributed by atoms with Crippen LogP contribution in [0, 0.1) is 0 Å². The van der Waals surface area contributed by atoms with Crippen molar-refractivity contribution >= 4 is 27.9 Å². The summed E-state index contributed by atoms with van der Waals surface area (Å²) in [6.07, 6.45) is 1.90. The number of carbonyl (C=O) groups excluding carboxylic acids is 2. The predicted octanol–water partition coefficient (Wildman–Crippen LogP) is 5.69. The quantitative estimate of drug-likeness (QED) is 0.299. The fourth-order valence-corrected chi connectivity index (χ4v) is 3.48. The van der Waals surface area contributed by atoms with Gasteiger partial charge in [-0.25, -0.2) is 14.6 Å². The molecule has 0 N–H and O–H groups in total. The fourth-order valence-electron chi connectivity index (χ4n) is 3.11. The Bertz CT molecular complexity index is 1070. The molecule has 3 aromatic rings. The number of aromatic nitrogens is 1. The molecule has 1 aliphatic rings. The Balaban J connectivity index is 0.000000323. The Morgan fingerprint density at radius 2 is 1.42 bits per heavy atom. The summed E-state index contributed by atoms with van der Waals surface area (Å²) >= 11 is 3.36. The number of hydrogen-bond donors (Lipinski definition) is 0. The first-order valence-corrected chi connectivity index (χ1v) is 11.7. The van der Waals surface area contributed by atoms with Gasteiger partial charge in [0.05, 0.1) is 25.5 Å². The third-order valence-corrected chi connectivity index (χ3v) is 5.65. The molecule has 2 aromatic carbocycles. The minimum Gasteiger partial charge on any atom is -0.472 e. The molecule has 7 heteroatoms. The van der Waals surface area contributed by atoms with E-state index in [1.54, 1.807) is 0 Å². The minimum absolute atomic E-state index is 0.114. The van der Waals surface area contributed by atoms with Gasteiger partial charge in [-0.3, -0.25) is 0 Å². The second-order valence-corrected chi connectivity index (χ2v) is 7.99. The lowest BCUT2D eigenvalue weighted by Crippen LogP contribution is -2.14. The van der Waals surface area contributed by atoms with E-state index in [1.165, 1.54) is 25.8 Å². The molecule has 1 aromatic heterocycles. The number of esters is 2. The van der Waals surface area contributed by atoms with Gasteiger partial charge in [0.15, 0.2) is 0 Å². The third-order valence-electron chi connectivity index (χ3n) is 5.01. The highest BCUT2D eigenvalue weighted by Gasteiger charge is 2.33. The number of methoxy groups -OCH3 is 2. The van der Waals surface area contributed by atoms with Gasteiger partial charge in [-0.1, -0.05) is 76.6 Å². The molecule has 1 aliphatic carbocycles. The van der Waals surface area contributed by atoms with Crippen LogP contribution in [0.5, 0.6) is 5.88 Å². The highest BCUT2D eigenvalue weighted by molar-refractivity contribution is 9.08. The molecule has 1 fully saturated rings. The van der Waals surface area contributed by atoms with E-state index in [-0.39, 0.29) is 29.5 Å². The number of carbonyl (C=O) groups is 2. The summed E-state index contributed by atoms with van der Waals surface area (Å²) in [5.41, 5.74) is 3.29. The van der Waals surface area contributed by atoms with Crippen LogP contribution in [0.15, 0.2) is 66.7 Å². The van der Waals surface area contributed by atoms with E-state index in [0.29, 0.717) is 5.69 Å². The average molecular weight is 512 g/mol. The summed E-state index contributed by atoms with van der Waals surface area (Å²) in [5.74, 6) is -0.762. The van der Waals surface area contributed by atoms with Gasteiger partial charge >= 0.3 is 11.9 Å². The lowest BCUT2D eigenvalue weighted by Gasteiger charge is -2.14. The van der Waals surface area contributed by atoms with Crippen LogP contribution < -0.4 is 4.74 Å². The second kappa shape index (κ2) is 12.2. The summed E-state index contributed by atoms with van der Waals surface area (Å²) in [5, 5.41) is 0.952. The first kappa shape index (κ1) is 24.5. The zero-order chi connectivity index (χ0) is 23.6.